The molecule has 0 aromatic rings. The number of quaternary nitrogens is 1. The van der Waals surface area contributed by atoms with E-state index in [1.54, 1.807) is 0 Å². The van der Waals surface area contributed by atoms with Gasteiger partial charge in [-0.15, -0.1) is 0 Å². The van der Waals surface area contributed by atoms with Crippen LogP contribution in [0, 0.1) is 23.2 Å². The molecule has 0 spiro atoms. The van der Waals surface area contributed by atoms with Crippen molar-refractivity contribution in [3.63, 3.8) is 0 Å². The molecule has 4 rings (SSSR count). The Balaban J connectivity index is 2.01. The summed E-state index contributed by atoms with van der Waals surface area (Å²) < 4.78 is 0. The number of hydrogen-bond acceptors (Lipinski definition) is 0. The highest BCUT2D eigenvalue weighted by atomic mass is 14.9. The fourth-order valence-electron chi connectivity index (χ4n) is 4.17. The van der Waals surface area contributed by atoms with E-state index in [-0.39, 0.29) is 0 Å². The summed E-state index contributed by atoms with van der Waals surface area (Å²) in [6, 6.07) is 0.852. The van der Waals surface area contributed by atoms with E-state index in [4.69, 9.17) is 0 Å². The summed E-state index contributed by atoms with van der Waals surface area (Å²) >= 11 is 0. The molecule has 0 unspecified atom stereocenters. The molecule has 0 radical (unpaired) electrons. The lowest BCUT2D eigenvalue weighted by molar-refractivity contribution is -0.430. The van der Waals surface area contributed by atoms with E-state index in [1.807, 2.05) is 0 Å². The van der Waals surface area contributed by atoms with Crippen LogP contribution in [-0.4, -0.2) is 6.04 Å². The van der Waals surface area contributed by atoms with E-state index >= 15 is 0 Å². The van der Waals surface area contributed by atoms with Gasteiger partial charge in [-0.2, -0.15) is 0 Å². The Hall–Kier alpha value is -0.0400. The predicted molar refractivity (Wildman–Crippen MR) is 39.1 cm³/mol. The van der Waals surface area contributed by atoms with Crippen LogP contribution in [0.4, 0.5) is 0 Å². The molecule has 0 aromatic heterocycles. The maximum atomic E-state index is 4.28. The van der Waals surface area contributed by atoms with Crippen LogP contribution < -0.4 is 5.73 Å². The van der Waals surface area contributed by atoms with Gasteiger partial charge in [-0.3, -0.25) is 0 Å². The highest BCUT2D eigenvalue weighted by molar-refractivity contribution is 5.25. The second-order valence-electron chi connectivity index (χ2n) is 4.58. The van der Waals surface area contributed by atoms with E-state index in [9.17, 15) is 0 Å². The molecule has 0 heterocycles. The molecule has 4 saturated carbocycles. The third kappa shape index (κ3) is 0.334. The average molecular weight is 138 g/mol. The maximum absolute atomic E-state index is 4.28. The van der Waals surface area contributed by atoms with Gasteiger partial charge in [0.1, 0.15) is 0 Å². The molecule has 56 valence electrons. The van der Waals surface area contributed by atoms with Gasteiger partial charge < -0.3 is 5.73 Å². The van der Waals surface area contributed by atoms with E-state index in [1.165, 1.54) is 19.3 Å². The quantitative estimate of drug-likeness (QED) is 0.551. The first-order valence-corrected chi connectivity index (χ1v) is 4.62. The molecule has 0 saturated heterocycles. The molecule has 1 nitrogen and oxygen atoms in total. The number of hydrogen-bond donors (Lipinski definition) is 1. The Kier molecular flexibility index (Phi) is 0.722. The van der Waals surface area contributed by atoms with Crippen LogP contribution in [0.2, 0.25) is 0 Å². The minimum Gasteiger partial charge on any atom is -0.355 e. The maximum Gasteiger partial charge on any atom is 0.0909 e. The van der Waals surface area contributed by atoms with Crippen molar-refractivity contribution >= 4 is 0 Å². The molecule has 4 bridgehead atoms. The van der Waals surface area contributed by atoms with Crippen molar-refractivity contribution in [1.29, 1.82) is 0 Å². The second kappa shape index (κ2) is 1.29. The fourth-order valence-corrected chi connectivity index (χ4v) is 4.17. The van der Waals surface area contributed by atoms with Crippen molar-refractivity contribution in [3.05, 3.63) is 0 Å². The zero-order valence-electron chi connectivity index (χ0n) is 6.64. The zero-order chi connectivity index (χ0) is 6.93. The third-order valence-corrected chi connectivity index (χ3v) is 4.65. The first-order chi connectivity index (χ1) is 4.79. The van der Waals surface area contributed by atoms with E-state index in [0.29, 0.717) is 0 Å². The lowest BCUT2D eigenvalue weighted by Gasteiger charge is -2.03. The van der Waals surface area contributed by atoms with Crippen LogP contribution in [0.15, 0.2) is 0 Å². The summed E-state index contributed by atoms with van der Waals surface area (Å²) in [4.78, 5) is 0. The zero-order valence-corrected chi connectivity index (χ0v) is 6.64. The minimum atomic E-state index is 0.844. The van der Waals surface area contributed by atoms with Crippen LogP contribution in [0.25, 0.3) is 0 Å². The fraction of sp³-hybridized carbons (Fsp3) is 1.00. The summed E-state index contributed by atoms with van der Waals surface area (Å²) in [6.45, 7) is 2.37. The normalized spacial score (nSPS) is 69.0. The van der Waals surface area contributed by atoms with Crippen LogP contribution in [0.3, 0.4) is 0 Å². The van der Waals surface area contributed by atoms with Gasteiger partial charge in [-0.1, -0.05) is 6.92 Å². The van der Waals surface area contributed by atoms with Crippen molar-refractivity contribution in [2.45, 2.75) is 32.2 Å². The molecule has 0 aliphatic heterocycles. The summed E-state index contributed by atoms with van der Waals surface area (Å²) in [5, 5.41) is 0. The lowest BCUT2D eigenvalue weighted by Crippen LogP contribution is -2.63. The number of rotatable bonds is 1. The molecule has 1 heteroatoms. The van der Waals surface area contributed by atoms with E-state index < -0.39 is 0 Å². The molecular weight excluding hydrogens is 122 g/mol. The highest BCUT2D eigenvalue weighted by Crippen LogP contribution is 2.79. The van der Waals surface area contributed by atoms with Gasteiger partial charge in [0.15, 0.2) is 0 Å². The monoisotopic (exact) mass is 138 g/mol. The highest BCUT2D eigenvalue weighted by Gasteiger charge is 2.78. The molecule has 0 amide bonds. The van der Waals surface area contributed by atoms with Gasteiger partial charge in [-0.25, -0.2) is 0 Å². The topological polar surface area (TPSA) is 27.6 Å². The molecule has 4 fully saturated rings. The molecule has 4 aliphatic rings. The predicted octanol–water partition coefficient (Wildman–Crippen LogP) is 0.663. The van der Waals surface area contributed by atoms with Gasteiger partial charge in [-0.05, 0) is 30.6 Å². The van der Waals surface area contributed by atoms with E-state index in [0.717, 1.165) is 29.2 Å². The Morgan fingerprint density at radius 1 is 1.60 bits per heavy atom. The Morgan fingerprint density at radius 2 is 2.40 bits per heavy atom. The smallest absolute Gasteiger partial charge is 0.0909 e. The molecular formula is C9H16N+. The molecule has 5 atom stereocenters. The van der Waals surface area contributed by atoms with Crippen LogP contribution >= 0.6 is 0 Å². The molecule has 3 N–H and O–H groups in total. The molecule has 0 aromatic carbocycles. The standard InChI is InChI=1S/C9H15N/c1-2-9-4-5-3-6(9)7(9)8(5)10/h5-8H,2-4,10H2,1H3/p+1/t5-,6+,7-,8+,9+/m0/s1. The molecule has 4 aliphatic carbocycles. The van der Waals surface area contributed by atoms with Gasteiger partial charge >= 0.3 is 0 Å². The summed E-state index contributed by atoms with van der Waals surface area (Å²) in [7, 11) is 0. The van der Waals surface area contributed by atoms with Gasteiger partial charge in [0.25, 0.3) is 0 Å². The van der Waals surface area contributed by atoms with Crippen molar-refractivity contribution in [2.75, 3.05) is 0 Å². The first kappa shape index (κ1) is 5.59. The average Bonchev–Trinajstić information content (AvgIpc) is 2.36. The lowest BCUT2D eigenvalue weighted by atomic mass is 10.0. The van der Waals surface area contributed by atoms with Crippen molar-refractivity contribution in [1.82, 2.24) is 0 Å². The molecule has 10 heavy (non-hydrogen) atoms. The Labute approximate surface area is 62.0 Å². The summed E-state index contributed by atoms with van der Waals surface area (Å²) in [6.07, 6.45) is 4.50. The van der Waals surface area contributed by atoms with Gasteiger partial charge in [0.05, 0.1) is 6.04 Å². The summed E-state index contributed by atoms with van der Waals surface area (Å²) in [5.74, 6) is 3.24. The second-order valence-corrected chi connectivity index (χ2v) is 4.58. The van der Waals surface area contributed by atoms with Crippen LogP contribution in [0.5, 0.6) is 0 Å². The first-order valence-electron chi connectivity index (χ1n) is 4.62. The van der Waals surface area contributed by atoms with Crippen LogP contribution in [-0.2, 0) is 0 Å². The van der Waals surface area contributed by atoms with Crippen molar-refractivity contribution < 1.29 is 5.73 Å². The van der Waals surface area contributed by atoms with E-state index in [2.05, 4.69) is 12.7 Å². The Bertz CT molecular complexity index is 189. The Morgan fingerprint density at radius 3 is 2.60 bits per heavy atom. The third-order valence-electron chi connectivity index (χ3n) is 4.65. The SMILES string of the molecule is CC[C@@]12C[C@@H]3C[C@@H]1[C@H]2[C@@H]3[NH3+]. The minimum absolute atomic E-state index is 0.844. The van der Waals surface area contributed by atoms with Gasteiger partial charge in [0.2, 0.25) is 0 Å². The van der Waals surface area contributed by atoms with Gasteiger partial charge in [0, 0.05) is 11.8 Å². The van der Waals surface area contributed by atoms with Crippen molar-refractivity contribution in [3.8, 4) is 0 Å². The largest absolute Gasteiger partial charge is 0.355 e. The van der Waals surface area contributed by atoms with Crippen molar-refractivity contribution in [2.24, 2.45) is 23.2 Å². The summed E-state index contributed by atoms with van der Waals surface area (Å²) in [5.41, 5.74) is 5.12. The van der Waals surface area contributed by atoms with Crippen LogP contribution in [0.1, 0.15) is 26.2 Å².